The third-order valence-electron chi connectivity index (χ3n) is 5.36. The van der Waals surface area contributed by atoms with Crippen LogP contribution in [-0.4, -0.2) is 40.8 Å². The van der Waals surface area contributed by atoms with E-state index >= 15 is 0 Å². The molecular weight excluding hydrogens is 384 g/mol. The number of rotatable bonds is 8. The SMILES string of the molecule is CC(Cc1ccccc1)(CC1NC(Cc2ccccc2)C(O)O1)C(=C=O)NC(=O)O. The first-order valence-electron chi connectivity index (χ1n) is 9.82. The fourth-order valence-electron chi connectivity index (χ4n) is 3.88. The van der Waals surface area contributed by atoms with Crippen LogP contribution in [0.25, 0.3) is 0 Å². The third kappa shape index (κ3) is 5.55. The van der Waals surface area contributed by atoms with E-state index in [2.05, 4.69) is 10.6 Å². The molecule has 1 heterocycles. The van der Waals surface area contributed by atoms with Crippen LogP contribution in [0.2, 0.25) is 0 Å². The van der Waals surface area contributed by atoms with Crippen LogP contribution >= 0.6 is 0 Å². The minimum atomic E-state index is -1.32. The van der Waals surface area contributed by atoms with E-state index in [0.717, 1.165) is 11.1 Å². The Morgan fingerprint density at radius 2 is 1.73 bits per heavy atom. The number of benzene rings is 2. The second kappa shape index (κ2) is 9.69. The highest BCUT2D eigenvalue weighted by Crippen LogP contribution is 2.36. The highest BCUT2D eigenvalue weighted by Gasteiger charge is 2.40. The zero-order valence-electron chi connectivity index (χ0n) is 16.7. The van der Waals surface area contributed by atoms with E-state index in [0.29, 0.717) is 12.8 Å². The molecule has 0 aliphatic carbocycles. The quantitative estimate of drug-likeness (QED) is 0.498. The van der Waals surface area contributed by atoms with Crippen LogP contribution in [0.4, 0.5) is 4.79 Å². The number of carbonyl (C=O) groups is 1. The van der Waals surface area contributed by atoms with E-state index in [9.17, 15) is 14.7 Å². The van der Waals surface area contributed by atoms with Crippen molar-refractivity contribution in [2.45, 2.75) is 44.7 Å². The van der Waals surface area contributed by atoms with Crippen molar-refractivity contribution < 1.29 is 24.5 Å². The molecule has 1 fully saturated rings. The van der Waals surface area contributed by atoms with E-state index in [1.165, 1.54) is 0 Å². The second-order valence-corrected chi connectivity index (χ2v) is 7.81. The fraction of sp³-hybridized carbons (Fsp3) is 0.348. The first-order chi connectivity index (χ1) is 14.4. The summed E-state index contributed by atoms with van der Waals surface area (Å²) in [5.41, 5.74) is 1.04. The molecule has 0 saturated carbocycles. The number of hydrogen-bond acceptors (Lipinski definition) is 5. The summed E-state index contributed by atoms with van der Waals surface area (Å²) >= 11 is 0. The number of carbonyl (C=O) groups excluding carboxylic acids is 1. The first-order valence-corrected chi connectivity index (χ1v) is 9.82. The van der Waals surface area contributed by atoms with E-state index in [4.69, 9.17) is 9.84 Å². The van der Waals surface area contributed by atoms with Gasteiger partial charge in [0.2, 0.25) is 0 Å². The summed E-state index contributed by atoms with van der Waals surface area (Å²) in [6.07, 6.45) is -1.63. The number of amides is 1. The van der Waals surface area contributed by atoms with Gasteiger partial charge >= 0.3 is 6.09 Å². The highest BCUT2D eigenvalue weighted by atomic mass is 16.6. The molecule has 1 aliphatic rings. The number of carboxylic acid groups (broad SMARTS) is 1. The van der Waals surface area contributed by atoms with Gasteiger partial charge in [-0.25, -0.2) is 9.59 Å². The molecule has 1 saturated heterocycles. The maximum atomic E-state index is 11.6. The molecule has 7 nitrogen and oxygen atoms in total. The number of nitrogens with one attached hydrogen (secondary N) is 2. The standard InChI is InChI=1S/C23H26N2O5/c1-23(19(15-26)25-22(28)29,13-17-10-6-3-7-11-17)14-20-24-18(21(27)30-20)12-16-8-4-2-5-9-16/h2-11,18,20-21,24-25,27H,12-14H2,1H3,(H,28,29). The van der Waals surface area contributed by atoms with Crippen molar-refractivity contribution in [1.82, 2.24) is 10.6 Å². The maximum Gasteiger partial charge on any atom is 0.409 e. The van der Waals surface area contributed by atoms with Gasteiger partial charge in [-0.2, -0.15) is 0 Å². The van der Waals surface area contributed by atoms with Crippen LogP contribution in [0.5, 0.6) is 0 Å². The smallest absolute Gasteiger partial charge is 0.409 e. The van der Waals surface area contributed by atoms with E-state index < -0.39 is 24.0 Å². The van der Waals surface area contributed by atoms with Crippen LogP contribution in [0.3, 0.4) is 0 Å². The predicted octanol–water partition coefficient (Wildman–Crippen LogP) is 2.48. The minimum absolute atomic E-state index is 0.0646. The molecule has 4 unspecified atom stereocenters. The predicted molar refractivity (Wildman–Crippen MR) is 111 cm³/mol. The molecule has 30 heavy (non-hydrogen) atoms. The molecule has 4 N–H and O–H groups in total. The van der Waals surface area contributed by atoms with Gasteiger partial charge in [-0.1, -0.05) is 67.6 Å². The summed E-state index contributed by atoms with van der Waals surface area (Å²) in [4.78, 5) is 22.8. The van der Waals surface area contributed by atoms with Crippen molar-refractivity contribution in [2.75, 3.05) is 0 Å². The molecule has 0 aromatic heterocycles. The van der Waals surface area contributed by atoms with Gasteiger partial charge < -0.3 is 14.9 Å². The van der Waals surface area contributed by atoms with Gasteiger partial charge in [0.05, 0.1) is 6.04 Å². The van der Waals surface area contributed by atoms with Crippen molar-refractivity contribution in [3.05, 3.63) is 77.5 Å². The van der Waals surface area contributed by atoms with Crippen molar-refractivity contribution in [3.63, 3.8) is 0 Å². The zero-order valence-corrected chi connectivity index (χ0v) is 16.7. The maximum absolute atomic E-state index is 11.6. The number of aliphatic hydroxyl groups excluding tert-OH is 1. The van der Waals surface area contributed by atoms with Gasteiger partial charge in [0.15, 0.2) is 6.29 Å². The van der Waals surface area contributed by atoms with Crippen LogP contribution in [0.15, 0.2) is 66.4 Å². The molecule has 7 heteroatoms. The topological polar surface area (TPSA) is 108 Å². The Morgan fingerprint density at radius 3 is 2.30 bits per heavy atom. The minimum Gasteiger partial charge on any atom is -0.465 e. The molecule has 2 aromatic carbocycles. The average molecular weight is 410 g/mol. The summed E-state index contributed by atoms with van der Waals surface area (Å²) in [7, 11) is 0. The molecule has 4 atom stereocenters. The lowest BCUT2D eigenvalue weighted by Gasteiger charge is -2.32. The Hall–Kier alpha value is -2.96. The molecule has 3 rings (SSSR count). The zero-order chi connectivity index (χ0) is 21.6. The van der Waals surface area contributed by atoms with Crippen molar-refractivity contribution >= 4 is 12.0 Å². The van der Waals surface area contributed by atoms with Crippen LogP contribution in [0, 0.1) is 5.41 Å². The monoisotopic (exact) mass is 410 g/mol. The number of aliphatic hydroxyl groups is 1. The normalized spacial score (nSPS) is 22.7. The van der Waals surface area contributed by atoms with Gasteiger partial charge in [0.25, 0.3) is 0 Å². The largest absolute Gasteiger partial charge is 0.465 e. The van der Waals surface area contributed by atoms with Crippen LogP contribution in [0.1, 0.15) is 24.5 Å². The van der Waals surface area contributed by atoms with Gasteiger partial charge in [0, 0.05) is 5.41 Å². The Bertz CT molecular complexity index is 898. The van der Waals surface area contributed by atoms with Crippen LogP contribution < -0.4 is 10.6 Å². The Balaban J connectivity index is 1.77. The molecule has 2 aromatic rings. The third-order valence-corrected chi connectivity index (χ3v) is 5.36. The van der Waals surface area contributed by atoms with Gasteiger partial charge in [-0.05, 0) is 30.4 Å². The van der Waals surface area contributed by atoms with Crippen molar-refractivity contribution in [3.8, 4) is 0 Å². The fourth-order valence-corrected chi connectivity index (χ4v) is 3.88. The van der Waals surface area contributed by atoms with Gasteiger partial charge in [0.1, 0.15) is 17.9 Å². The lowest BCUT2D eigenvalue weighted by molar-refractivity contribution is -0.104. The molecule has 0 spiro atoms. The Labute approximate surface area is 175 Å². The molecule has 158 valence electrons. The van der Waals surface area contributed by atoms with Crippen molar-refractivity contribution in [1.29, 1.82) is 0 Å². The summed E-state index contributed by atoms with van der Waals surface area (Å²) < 4.78 is 5.71. The summed E-state index contributed by atoms with van der Waals surface area (Å²) in [5.74, 6) is 1.76. The molecular formula is C23H26N2O5. The number of allylic oxidation sites excluding steroid dienone is 1. The summed E-state index contributed by atoms with van der Waals surface area (Å²) in [6.45, 7) is 1.79. The molecule has 1 amide bonds. The number of hydrogen-bond donors (Lipinski definition) is 4. The van der Waals surface area contributed by atoms with E-state index in [-0.39, 0.29) is 18.2 Å². The number of ether oxygens (including phenoxy) is 1. The first kappa shape index (κ1) is 21.7. The molecule has 0 bridgehead atoms. The highest BCUT2D eigenvalue weighted by molar-refractivity contribution is 5.72. The molecule has 1 aliphatic heterocycles. The molecule has 0 radical (unpaired) electrons. The van der Waals surface area contributed by atoms with Crippen molar-refractivity contribution in [2.24, 2.45) is 5.41 Å². The summed E-state index contributed by atoms with van der Waals surface area (Å²) in [5, 5.41) is 25.0. The van der Waals surface area contributed by atoms with Crippen LogP contribution in [-0.2, 0) is 22.4 Å². The van der Waals surface area contributed by atoms with Gasteiger partial charge in [-0.15, -0.1) is 0 Å². The second-order valence-electron chi connectivity index (χ2n) is 7.81. The average Bonchev–Trinajstić information content (AvgIpc) is 3.05. The van der Waals surface area contributed by atoms with Gasteiger partial charge in [-0.3, -0.25) is 10.6 Å². The Kier molecular flexibility index (Phi) is 7.03. The van der Waals surface area contributed by atoms with E-state index in [1.807, 2.05) is 60.7 Å². The lowest BCUT2D eigenvalue weighted by Crippen LogP contribution is -2.41. The lowest BCUT2D eigenvalue weighted by atomic mass is 9.77. The summed E-state index contributed by atoms with van der Waals surface area (Å²) in [6, 6.07) is 18.9. The Morgan fingerprint density at radius 1 is 1.13 bits per heavy atom. The van der Waals surface area contributed by atoms with E-state index in [1.54, 1.807) is 12.9 Å².